The topological polar surface area (TPSA) is 43.4 Å². The third-order valence-corrected chi connectivity index (χ3v) is 4.13. The van der Waals surface area contributed by atoms with Crippen molar-refractivity contribution in [1.29, 1.82) is 0 Å². The molecule has 4 heteroatoms. The van der Waals surface area contributed by atoms with E-state index >= 15 is 0 Å². The van der Waals surface area contributed by atoms with Crippen molar-refractivity contribution < 1.29 is 8.83 Å². The minimum absolute atomic E-state index is 0.398. The molecule has 22 heavy (non-hydrogen) atoms. The van der Waals surface area contributed by atoms with E-state index in [1.54, 1.807) is 12.1 Å². The fourth-order valence-corrected chi connectivity index (χ4v) is 2.92. The molecule has 0 saturated heterocycles. The molecule has 0 atom stereocenters. The number of fused-ring (bicyclic) bond motifs is 2. The molecule has 2 aromatic heterocycles. The van der Waals surface area contributed by atoms with E-state index in [1.165, 1.54) is 0 Å². The fourth-order valence-electron chi connectivity index (χ4n) is 2.54. The summed E-state index contributed by atoms with van der Waals surface area (Å²) < 4.78 is 12.1. The van der Waals surface area contributed by atoms with Crippen LogP contribution in [0.5, 0.6) is 0 Å². The lowest BCUT2D eigenvalue weighted by molar-refractivity contribution is 0.555. The van der Waals surface area contributed by atoms with Crippen LogP contribution in [0.15, 0.2) is 66.6 Å². The Hall–Kier alpha value is -2.33. The van der Waals surface area contributed by atoms with Crippen LogP contribution in [0.25, 0.3) is 33.3 Å². The minimum Gasteiger partial charge on any atom is -0.456 e. The molecular formula is C18H11BrO3. The van der Waals surface area contributed by atoms with Crippen molar-refractivity contribution in [2.24, 2.45) is 0 Å². The lowest BCUT2D eigenvalue weighted by Gasteiger charge is -2.00. The average molecular weight is 355 g/mol. The smallest absolute Gasteiger partial charge is 0.347 e. The summed E-state index contributed by atoms with van der Waals surface area (Å²) >= 11 is 3.42. The molecule has 0 aliphatic carbocycles. The normalized spacial score (nSPS) is 11.4. The largest absolute Gasteiger partial charge is 0.456 e. The lowest BCUT2D eigenvalue weighted by Crippen LogP contribution is -2.01. The third kappa shape index (κ3) is 2.16. The van der Waals surface area contributed by atoms with Gasteiger partial charge in [-0.1, -0.05) is 28.1 Å². The highest BCUT2D eigenvalue weighted by Gasteiger charge is 2.13. The molecular weight excluding hydrogens is 344 g/mol. The molecule has 3 nitrogen and oxygen atoms in total. The molecule has 0 amide bonds. The van der Waals surface area contributed by atoms with Crippen LogP contribution in [0.2, 0.25) is 0 Å². The number of rotatable bonds is 1. The highest BCUT2D eigenvalue weighted by atomic mass is 79.9. The molecule has 0 fully saturated rings. The summed E-state index contributed by atoms with van der Waals surface area (Å²) in [6, 6.07) is 15.1. The zero-order chi connectivity index (χ0) is 15.3. The van der Waals surface area contributed by atoms with Gasteiger partial charge in [-0.25, -0.2) is 4.79 Å². The van der Waals surface area contributed by atoms with Crippen molar-refractivity contribution in [3.05, 3.63) is 69.0 Å². The lowest BCUT2D eigenvalue weighted by atomic mass is 10.1. The summed E-state index contributed by atoms with van der Waals surface area (Å²) in [6.45, 7) is 2.00. The zero-order valence-corrected chi connectivity index (χ0v) is 13.3. The van der Waals surface area contributed by atoms with Gasteiger partial charge in [-0.2, -0.15) is 0 Å². The predicted molar refractivity (Wildman–Crippen MR) is 90.1 cm³/mol. The van der Waals surface area contributed by atoms with Crippen molar-refractivity contribution in [2.75, 3.05) is 0 Å². The van der Waals surface area contributed by atoms with Gasteiger partial charge in [-0.15, -0.1) is 0 Å². The van der Waals surface area contributed by atoms with Crippen molar-refractivity contribution in [3.8, 4) is 11.3 Å². The second-order valence-corrected chi connectivity index (χ2v) is 6.20. The zero-order valence-electron chi connectivity index (χ0n) is 11.7. The Morgan fingerprint density at radius 2 is 1.73 bits per heavy atom. The van der Waals surface area contributed by atoms with Gasteiger partial charge in [0, 0.05) is 15.2 Å². The molecule has 0 spiro atoms. The molecule has 4 rings (SSSR count). The summed E-state index contributed by atoms with van der Waals surface area (Å²) in [6.07, 6.45) is 0. The minimum atomic E-state index is -0.398. The van der Waals surface area contributed by atoms with Crippen LogP contribution in [0.3, 0.4) is 0 Å². The van der Waals surface area contributed by atoms with Crippen LogP contribution in [0, 0.1) is 6.92 Å². The maximum absolute atomic E-state index is 12.2. The van der Waals surface area contributed by atoms with Gasteiger partial charge < -0.3 is 8.83 Å². The summed E-state index contributed by atoms with van der Waals surface area (Å²) in [4.78, 5) is 12.2. The van der Waals surface area contributed by atoms with Gasteiger partial charge in [0.1, 0.15) is 22.5 Å². The monoisotopic (exact) mass is 354 g/mol. The van der Waals surface area contributed by atoms with E-state index in [0.717, 1.165) is 26.4 Å². The van der Waals surface area contributed by atoms with Gasteiger partial charge in [0.2, 0.25) is 0 Å². The first kappa shape index (κ1) is 13.3. The Bertz CT molecular complexity index is 1070. The first-order valence-corrected chi connectivity index (χ1v) is 7.63. The summed E-state index contributed by atoms with van der Waals surface area (Å²) in [5.74, 6) is 0.524. The number of halogens is 1. The Morgan fingerprint density at radius 1 is 0.864 bits per heavy atom. The van der Waals surface area contributed by atoms with Crippen LogP contribution < -0.4 is 5.63 Å². The molecule has 0 saturated carbocycles. The number of furan rings is 1. The maximum atomic E-state index is 12.2. The van der Waals surface area contributed by atoms with E-state index in [-0.39, 0.29) is 0 Å². The number of hydrogen-bond acceptors (Lipinski definition) is 3. The maximum Gasteiger partial charge on any atom is 0.347 e. The van der Waals surface area contributed by atoms with Crippen LogP contribution in [0.1, 0.15) is 5.56 Å². The quantitative estimate of drug-likeness (QED) is 0.437. The van der Waals surface area contributed by atoms with E-state index in [1.807, 2.05) is 43.3 Å². The van der Waals surface area contributed by atoms with Gasteiger partial charge >= 0.3 is 5.63 Å². The number of aryl methyl sites for hydroxylation is 1. The summed E-state index contributed by atoms with van der Waals surface area (Å²) in [5, 5.41) is 1.81. The molecule has 2 heterocycles. The van der Waals surface area contributed by atoms with Crippen LogP contribution in [-0.4, -0.2) is 0 Å². The van der Waals surface area contributed by atoms with Crippen LogP contribution in [-0.2, 0) is 0 Å². The van der Waals surface area contributed by atoms with Gasteiger partial charge in [0.15, 0.2) is 0 Å². The molecule has 0 radical (unpaired) electrons. The fraction of sp³-hybridized carbons (Fsp3) is 0.0556. The van der Waals surface area contributed by atoms with Crippen molar-refractivity contribution >= 4 is 37.9 Å². The first-order chi connectivity index (χ1) is 10.6. The Morgan fingerprint density at radius 3 is 2.59 bits per heavy atom. The second kappa shape index (κ2) is 4.85. The molecule has 0 aliphatic rings. The van der Waals surface area contributed by atoms with Crippen LogP contribution >= 0.6 is 15.9 Å². The molecule has 0 N–H and O–H groups in total. The van der Waals surface area contributed by atoms with Gasteiger partial charge in [-0.3, -0.25) is 0 Å². The van der Waals surface area contributed by atoms with E-state index in [9.17, 15) is 4.79 Å². The van der Waals surface area contributed by atoms with E-state index in [2.05, 4.69) is 15.9 Å². The predicted octanol–water partition coefficient (Wildman–Crippen LogP) is 5.28. The third-order valence-electron chi connectivity index (χ3n) is 3.64. The molecule has 0 bridgehead atoms. The molecule has 4 aromatic rings. The van der Waals surface area contributed by atoms with E-state index in [0.29, 0.717) is 16.9 Å². The average Bonchev–Trinajstić information content (AvgIpc) is 2.89. The molecule has 0 unspecified atom stereocenters. The Labute approximate surface area is 134 Å². The highest BCUT2D eigenvalue weighted by Crippen LogP contribution is 2.29. The Kier molecular flexibility index (Phi) is 2.94. The number of benzene rings is 2. The van der Waals surface area contributed by atoms with Gasteiger partial charge in [-0.05, 0) is 48.9 Å². The van der Waals surface area contributed by atoms with Crippen molar-refractivity contribution in [2.45, 2.75) is 6.92 Å². The standard InChI is InChI=1S/C18H11BrO3/c1-10-2-3-11-9-17(21-16(11)6-10)14-8-12-7-13(19)4-5-15(12)22-18(14)20/h2-9H,1H3. The van der Waals surface area contributed by atoms with Crippen molar-refractivity contribution in [1.82, 2.24) is 0 Å². The SMILES string of the molecule is Cc1ccc2cc(-c3cc4cc(Br)ccc4oc3=O)oc2c1. The van der Waals surface area contributed by atoms with E-state index in [4.69, 9.17) is 8.83 Å². The number of hydrogen-bond donors (Lipinski definition) is 0. The first-order valence-electron chi connectivity index (χ1n) is 6.84. The second-order valence-electron chi connectivity index (χ2n) is 5.28. The van der Waals surface area contributed by atoms with E-state index < -0.39 is 5.63 Å². The highest BCUT2D eigenvalue weighted by molar-refractivity contribution is 9.10. The molecule has 0 aliphatic heterocycles. The van der Waals surface area contributed by atoms with Gasteiger partial charge in [0.05, 0.1) is 0 Å². The summed E-state index contributed by atoms with van der Waals surface area (Å²) in [7, 11) is 0. The van der Waals surface area contributed by atoms with Crippen molar-refractivity contribution in [3.63, 3.8) is 0 Å². The molecule has 2 aromatic carbocycles. The Balaban J connectivity index is 1.98. The molecule has 108 valence electrons. The van der Waals surface area contributed by atoms with Gasteiger partial charge in [0.25, 0.3) is 0 Å². The summed E-state index contributed by atoms with van der Waals surface area (Å²) in [5.41, 5.74) is 2.47. The van der Waals surface area contributed by atoms with Crippen LogP contribution in [0.4, 0.5) is 0 Å².